The minimum absolute atomic E-state index is 0.103. The summed E-state index contributed by atoms with van der Waals surface area (Å²) in [4.78, 5) is 12.3. The van der Waals surface area contributed by atoms with Crippen LogP contribution in [0.25, 0.3) is 0 Å². The monoisotopic (exact) mass is 290 g/mol. The summed E-state index contributed by atoms with van der Waals surface area (Å²) < 4.78 is 5.77. The highest BCUT2D eigenvalue weighted by atomic mass is 16.5. The zero-order valence-corrected chi connectivity index (χ0v) is 13.4. The van der Waals surface area contributed by atoms with Gasteiger partial charge in [-0.15, -0.1) is 0 Å². The summed E-state index contributed by atoms with van der Waals surface area (Å²) >= 11 is 0. The Morgan fingerprint density at radius 3 is 2.52 bits per heavy atom. The Hall–Kier alpha value is -1.55. The first-order valence-corrected chi connectivity index (χ1v) is 7.67. The van der Waals surface area contributed by atoms with E-state index in [1.165, 1.54) is 0 Å². The molecule has 1 aliphatic rings. The minimum Gasteiger partial charge on any atom is -0.488 e. The summed E-state index contributed by atoms with van der Waals surface area (Å²) in [6.07, 6.45) is 1.80. The van der Waals surface area contributed by atoms with Crippen molar-refractivity contribution in [3.8, 4) is 5.75 Å². The van der Waals surface area contributed by atoms with Gasteiger partial charge in [0.15, 0.2) is 0 Å². The van der Waals surface area contributed by atoms with Gasteiger partial charge in [-0.3, -0.25) is 4.79 Å². The molecule has 2 rings (SSSR count). The molecule has 1 heterocycles. The summed E-state index contributed by atoms with van der Waals surface area (Å²) in [6, 6.07) is 7.99. The molecule has 21 heavy (non-hydrogen) atoms. The van der Waals surface area contributed by atoms with Crippen LogP contribution in [0.3, 0.4) is 0 Å². The topological polar surface area (TPSA) is 50.4 Å². The third-order valence-corrected chi connectivity index (χ3v) is 3.54. The molecule has 116 valence electrons. The molecule has 0 spiro atoms. The predicted octanol–water partition coefficient (Wildman–Crippen LogP) is 3.19. The van der Waals surface area contributed by atoms with Crippen LogP contribution >= 0.6 is 0 Å². The van der Waals surface area contributed by atoms with E-state index in [-0.39, 0.29) is 17.4 Å². The maximum absolute atomic E-state index is 12.3. The van der Waals surface area contributed by atoms with Crippen LogP contribution in [-0.4, -0.2) is 24.1 Å². The van der Waals surface area contributed by atoms with Crippen molar-refractivity contribution in [2.24, 2.45) is 5.92 Å². The van der Waals surface area contributed by atoms with Crippen LogP contribution < -0.4 is 15.4 Å². The number of ether oxygens (including phenoxy) is 1. The van der Waals surface area contributed by atoms with Gasteiger partial charge in [0.05, 0.1) is 0 Å². The highest BCUT2D eigenvalue weighted by Crippen LogP contribution is 2.22. The first kappa shape index (κ1) is 15.8. The van der Waals surface area contributed by atoms with Crippen molar-refractivity contribution in [3.63, 3.8) is 0 Å². The van der Waals surface area contributed by atoms with E-state index in [4.69, 9.17) is 4.74 Å². The Labute approximate surface area is 127 Å². The number of anilines is 1. The van der Waals surface area contributed by atoms with Gasteiger partial charge in [0, 0.05) is 17.6 Å². The quantitative estimate of drug-likeness (QED) is 0.899. The van der Waals surface area contributed by atoms with E-state index in [0.29, 0.717) is 6.04 Å². The van der Waals surface area contributed by atoms with E-state index in [2.05, 4.69) is 17.6 Å². The summed E-state index contributed by atoms with van der Waals surface area (Å²) in [5, 5.41) is 6.36. The lowest BCUT2D eigenvalue weighted by Crippen LogP contribution is -2.40. The molecule has 0 bridgehead atoms. The van der Waals surface area contributed by atoms with Gasteiger partial charge in [0.25, 0.3) is 0 Å². The maximum Gasteiger partial charge on any atom is 0.227 e. The van der Waals surface area contributed by atoms with Gasteiger partial charge < -0.3 is 15.4 Å². The van der Waals surface area contributed by atoms with Crippen LogP contribution in [0.15, 0.2) is 24.3 Å². The summed E-state index contributed by atoms with van der Waals surface area (Å²) in [5.74, 6) is 1.04. The SMILES string of the molecule is C[C@H]1C[C@@H](C(=O)Nc2ccc(OC(C)(C)C)cc2)CCN1. The van der Waals surface area contributed by atoms with Crippen LogP contribution in [0.2, 0.25) is 0 Å². The zero-order valence-electron chi connectivity index (χ0n) is 13.4. The normalized spacial score (nSPS) is 22.7. The molecule has 0 aliphatic carbocycles. The second-order valence-corrected chi connectivity index (χ2v) is 6.80. The molecular weight excluding hydrogens is 264 g/mol. The number of rotatable bonds is 3. The molecule has 1 amide bonds. The van der Waals surface area contributed by atoms with E-state index in [9.17, 15) is 4.79 Å². The van der Waals surface area contributed by atoms with Crippen molar-refractivity contribution in [1.82, 2.24) is 5.32 Å². The van der Waals surface area contributed by atoms with Crippen LogP contribution in [0, 0.1) is 5.92 Å². The Bertz CT molecular complexity index is 477. The molecule has 4 nitrogen and oxygen atoms in total. The summed E-state index contributed by atoms with van der Waals surface area (Å²) in [7, 11) is 0. The Balaban J connectivity index is 1.92. The Morgan fingerprint density at radius 2 is 1.95 bits per heavy atom. The summed E-state index contributed by atoms with van der Waals surface area (Å²) in [5.41, 5.74) is 0.614. The van der Waals surface area contributed by atoms with E-state index < -0.39 is 0 Å². The lowest BCUT2D eigenvalue weighted by atomic mass is 9.92. The van der Waals surface area contributed by atoms with Crippen LogP contribution in [0.1, 0.15) is 40.5 Å². The van der Waals surface area contributed by atoms with Gasteiger partial charge in [-0.1, -0.05) is 0 Å². The number of carbonyl (C=O) groups is 1. The maximum atomic E-state index is 12.3. The van der Waals surface area contributed by atoms with Crippen molar-refractivity contribution < 1.29 is 9.53 Å². The van der Waals surface area contributed by atoms with E-state index in [1.807, 2.05) is 45.0 Å². The third-order valence-electron chi connectivity index (χ3n) is 3.54. The average molecular weight is 290 g/mol. The zero-order chi connectivity index (χ0) is 15.5. The van der Waals surface area contributed by atoms with Crippen molar-refractivity contribution >= 4 is 11.6 Å². The molecule has 0 unspecified atom stereocenters. The number of benzene rings is 1. The third kappa shape index (κ3) is 5.05. The summed E-state index contributed by atoms with van der Waals surface area (Å²) in [6.45, 7) is 9.08. The first-order valence-electron chi connectivity index (χ1n) is 7.67. The van der Waals surface area contributed by atoms with E-state index in [0.717, 1.165) is 30.8 Å². The molecule has 0 radical (unpaired) electrons. The fourth-order valence-corrected chi connectivity index (χ4v) is 2.57. The van der Waals surface area contributed by atoms with Crippen molar-refractivity contribution in [1.29, 1.82) is 0 Å². The number of amides is 1. The van der Waals surface area contributed by atoms with Gasteiger partial charge in [0.2, 0.25) is 5.91 Å². The molecule has 2 N–H and O–H groups in total. The molecule has 1 fully saturated rings. The first-order chi connectivity index (χ1) is 9.83. The minimum atomic E-state index is -0.212. The Morgan fingerprint density at radius 1 is 1.29 bits per heavy atom. The fourth-order valence-electron chi connectivity index (χ4n) is 2.57. The lowest BCUT2D eigenvalue weighted by molar-refractivity contribution is -0.120. The molecule has 1 aromatic carbocycles. The van der Waals surface area contributed by atoms with Gasteiger partial charge in [0.1, 0.15) is 11.4 Å². The second-order valence-electron chi connectivity index (χ2n) is 6.80. The molecule has 1 aliphatic heterocycles. The molecule has 1 aromatic rings. The van der Waals surface area contributed by atoms with Crippen molar-refractivity contribution in [3.05, 3.63) is 24.3 Å². The molecule has 1 saturated heterocycles. The highest BCUT2D eigenvalue weighted by molar-refractivity contribution is 5.92. The number of nitrogens with one attached hydrogen (secondary N) is 2. The number of hydrogen-bond acceptors (Lipinski definition) is 3. The fraction of sp³-hybridized carbons (Fsp3) is 0.588. The van der Waals surface area contributed by atoms with Crippen LogP contribution in [-0.2, 0) is 4.79 Å². The number of carbonyl (C=O) groups excluding carboxylic acids is 1. The molecule has 0 aromatic heterocycles. The van der Waals surface area contributed by atoms with Crippen molar-refractivity contribution in [2.75, 3.05) is 11.9 Å². The van der Waals surface area contributed by atoms with Gasteiger partial charge >= 0.3 is 0 Å². The average Bonchev–Trinajstić information content (AvgIpc) is 2.39. The molecular formula is C17H26N2O2. The van der Waals surface area contributed by atoms with Gasteiger partial charge in [-0.2, -0.15) is 0 Å². The largest absolute Gasteiger partial charge is 0.488 e. The number of hydrogen-bond donors (Lipinski definition) is 2. The highest BCUT2D eigenvalue weighted by Gasteiger charge is 2.24. The smallest absolute Gasteiger partial charge is 0.227 e. The standard InChI is InChI=1S/C17H26N2O2/c1-12-11-13(9-10-18-12)16(20)19-14-5-7-15(8-6-14)21-17(2,3)4/h5-8,12-13,18H,9-11H2,1-4H3,(H,19,20)/t12-,13-/m0/s1. The molecule has 0 saturated carbocycles. The lowest BCUT2D eigenvalue weighted by Gasteiger charge is -2.27. The van der Waals surface area contributed by atoms with E-state index in [1.54, 1.807) is 0 Å². The van der Waals surface area contributed by atoms with Crippen LogP contribution in [0.4, 0.5) is 5.69 Å². The van der Waals surface area contributed by atoms with Crippen molar-refractivity contribution in [2.45, 2.75) is 52.2 Å². The number of piperidine rings is 1. The second kappa shape index (κ2) is 6.48. The molecule has 4 heteroatoms. The molecule has 2 atom stereocenters. The predicted molar refractivity (Wildman–Crippen MR) is 85.6 cm³/mol. The van der Waals surface area contributed by atoms with E-state index >= 15 is 0 Å². The Kier molecular flexibility index (Phi) is 4.88. The van der Waals surface area contributed by atoms with Gasteiger partial charge in [-0.05, 0) is 71.3 Å². The van der Waals surface area contributed by atoms with Gasteiger partial charge in [-0.25, -0.2) is 0 Å². The van der Waals surface area contributed by atoms with Crippen LogP contribution in [0.5, 0.6) is 5.75 Å².